The van der Waals surface area contributed by atoms with Gasteiger partial charge in [-0.25, -0.2) is 4.79 Å². The Kier molecular flexibility index (Phi) is 7.24. The Bertz CT molecular complexity index is 886. The van der Waals surface area contributed by atoms with Crippen LogP contribution in [0.15, 0.2) is 42.5 Å². The highest BCUT2D eigenvalue weighted by atomic mass is 35.5. The van der Waals surface area contributed by atoms with Gasteiger partial charge >= 0.3 is 5.97 Å². The minimum atomic E-state index is -0.921. The maximum Gasteiger partial charge on any atom is 0.345 e. The third-order valence-corrected chi connectivity index (χ3v) is 6.77. The normalized spacial score (nSPS) is 25.1. The number of carboxylic acids is 1. The van der Waals surface area contributed by atoms with Crippen LogP contribution in [0.4, 0.5) is 0 Å². The summed E-state index contributed by atoms with van der Waals surface area (Å²) >= 11 is 19.8. The topological polar surface area (TPSA) is 57.5 Å². The van der Waals surface area contributed by atoms with E-state index < -0.39 is 12.1 Å². The molecule has 2 N–H and O–H groups in total. The molecule has 1 aromatic heterocycles. The fourth-order valence-corrected chi connectivity index (χ4v) is 5.23. The lowest BCUT2D eigenvalue weighted by Gasteiger charge is -2.19. The van der Waals surface area contributed by atoms with Crippen LogP contribution in [0.25, 0.3) is 12.2 Å². The summed E-state index contributed by atoms with van der Waals surface area (Å²) in [5.41, 5.74) is 0.872. The predicted octanol–water partition coefficient (Wildman–Crippen LogP) is 6.47. The number of carbonyl (C=O) groups is 1. The Labute approximate surface area is 182 Å². The van der Waals surface area contributed by atoms with E-state index in [0.717, 1.165) is 10.4 Å². The van der Waals surface area contributed by atoms with E-state index in [4.69, 9.17) is 39.9 Å². The van der Waals surface area contributed by atoms with E-state index in [1.54, 1.807) is 18.2 Å². The van der Waals surface area contributed by atoms with Crippen molar-refractivity contribution in [2.45, 2.75) is 24.3 Å². The van der Waals surface area contributed by atoms with E-state index >= 15 is 0 Å². The first kappa shape index (κ1) is 21.4. The Morgan fingerprint density at radius 3 is 2.54 bits per heavy atom. The molecule has 0 aliphatic heterocycles. The zero-order chi connectivity index (χ0) is 20.3. The highest BCUT2D eigenvalue weighted by Crippen LogP contribution is 2.40. The molecule has 1 fully saturated rings. The summed E-state index contributed by atoms with van der Waals surface area (Å²) in [5, 5.41) is 20.4. The Morgan fingerprint density at radius 1 is 1.18 bits per heavy atom. The average Bonchev–Trinajstić information content (AvgIpc) is 3.18. The maximum atomic E-state index is 11.0. The molecule has 0 spiro atoms. The van der Waals surface area contributed by atoms with Gasteiger partial charge in [-0.15, -0.1) is 22.9 Å². The summed E-state index contributed by atoms with van der Waals surface area (Å²) in [4.78, 5) is 12.2. The molecule has 2 aromatic rings. The minimum absolute atomic E-state index is 0.0807. The van der Waals surface area contributed by atoms with Crippen LogP contribution in [0, 0.1) is 11.8 Å². The van der Waals surface area contributed by atoms with E-state index in [9.17, 15) is 9.90 Å². The van der Waals surface area contributed by atoms with Gasteiger partial charge in [-0.3, -0.25) is 0 Å². The fraction of sp³-hybridized carbons (Fsp3) is 0.286. The van der Waals surface area contributed by atoms with Crippen LogP contribution in [0.5, 0.6) is 0 Å². The Hall–Kier alpha value is -1.30. The van der Waals surface area contributed by atoms with Crippen LogP contribution in [0.1, 0.15) is 33.0 Å². The molecule has 4 atom stereocenters. The number of alkyl halides is 1. The van der Waals surface area contributed by atoms with Gasteiger partial charge in [0.15, 0.2) is 0 Å². The van der Waals surface area contributed by atoms with Crippen LogP contribution >= 0.6 is 46.1 Å². The number of aliphatic hydroxyl groups is 1. The number of thiophene rings is 1. The molecule has 3 rings (SSSR count). The molecule has 1 aliphatic rings. The quantitative estimate of drug-likeness (QED) is 0.488. The number of aliphatic hydroxyl groups excluding tert-OH is 1. The van der Waals surface area contributed by atoms with Crippen molar-refractivity contribution in [2.24, 2.45) is 11.8 Å². The first-order valence-electron chi connectivity index (χ1n) is 8.79. The van der Waals surface area contributed by atoms with Crippen LogP contribution in [0.2, 0.25) is 10.0 Å². The first-order chi connectivity index (χ1) is 13.3. The zero-order valence-electron chi connectivity index (χ0n) is 14.8. The number of rotatable bonds is 6. The highest BCUT2D eigenvalue weighted by molar-refractivity contribution is 7.14. The van der Waals surface area contributed by atoms with Crippen molar-refractivity contribution < 1.29 is 15.0 Å². The van der Waals surface area contributed by atoms with Gasteiger partial charge in [0.25, 0.3) is 0 Å². The second kappa shape index (κ2) is 9.47. The number of allylic oxidation sites excluding steroid dienone is 1. The summed E-state index contributed by atoms with van der Waals surface area (Å²) in [5.74, 6) is -0.920. The molecule has 0 radical (unpaired) electrons. The van der Waals surface area contributed by atoms with Crippen molar-refractivity contribution in [3.05, 3.63) is 67.8 Å². The van der Waals surface area contributed by atoms with Crippen LogP contribution in [0.3, 0.4) is 0 Å². The maximum absolute atomic E-state index is 11.0. The molecule has 1 aliphatic carbocycles. The van der Waals surface area contributed by atoms with Crippen molar-refractivity contribution in [1.29, 1.82) is 0 Å². The monoisotopic (exact) mass is 456 g/mol. The molecule has 28 heavy (non-hydrogen) atoms. The summed E-state index contributed by atoms with van der Waals surface area (Å²) in [6.07, 6.45) is 8.50. The molecule has 0 unspecified atom stereocenters. The van der Waals surface area contributed by atoms with Crippen molar-refractivity contribution in [3.63, 3.8) is 0 Å². The second-order valence-electron chi connectivity index (χ2n) is 6.77. The largest absolute Gasteiger partial charge is 0.477 e. The van der Waals surface area contributed by atoms with E-state index in [1.165, 1.54) is 11.3 Å². The van der Waals surface area contributed by atoms with Crippen LogP contribution in [-0.2, 0) is 0 Å². The SMILES string of the molecule is O=C(O)c1ccc(/C=C/C[C@@H]2[C@@H](/C=C/c3cc(Cl)cc(Cl)c3)[C@@H](O)C[C@H]2Cl)s1. The Balaban J connectivity index is 1.70. The number of benzene rings is 1. The lowest BCUT2D eigenvalue weighted by Crippen LogP contribution is -2.18. The molecule has 3 nitrogen and oxygen atoms in total. The molecule has 1 saturated carbocycles. The van der Waals surface area contributed by atoms with Crippen LogP contribution < -0.4 is 0 Å². The number of aromatic carboxylic acids is 1. The minimum Gasteiger partial charge on any atom is -0.477 e. The van der Waals surface area contributed by atoms with E-state index in [-0.39, 0.29) is 17.2 Å². The number of carboxylic acid groups (broad SMARTS) is 1. The molecular weight excluding hydrogens is 439 g/mol. The van der Waals surface area contributed by atoms with Gasteiger partial charge in [0.1, 0.15) is 4.88 Å². The molecule has 148 valence electrons. The summed E-state index contributed by atoms with van der Waals surface area (Å²) in [6, 6.07) is 8.68. The van der Waals surface area contributed by atoms with Gasteiger partial charge in [-0.1, -0.05) is 41.4 Å². The molecule has 0 amide bonds. The van der Waals surface area contributed by atoms with Crippen LogP contribution in [-0.4, -0.2) is 27.7 Å². The second-order valence-corrected chi connectivity index (χ2v) is 9.32. The third kappa shape index (κ3) is 5.40. The smallest absolute Gasteiger partial charge is 0.345 e. The Morgan fingerprint density at radius 2 is 1.89 bits per heavy atom. The molecule has 0 bridgehead atoms. The van der Waals surface area contributed by atoms with E-state index in [2.05, 4.69) is 0 Å². The molecular formula is C21H19Cl3O3S. The first-order valence-corrected chi connectivity index (χ1v) is 10.8. The van der Waals surface area contributed by atoms with E-state index in [0.29, 0.717) is 27.8 Å². The summed E-state index contributed by atoms with van der Waals surface area (Å²) in [7, 11) is 0. The van der Waals surface area contributed by atoms with E-state index in [1.807, 2.05) is 36.4 Å². The van der Waals surface area contributed by atoms with Crippen molar-refractivity contribution in [1.82, 2.24) is 0 Å². The molecule has 1 heterocycles. The lowest BCUT2D eigenvalue weighted by atomic mass is 9.90. The van der Waals surface area contributed by atoms with Gasteiger partial charge < -0.3 is 10.2 Å². The summed E-state index contributed by atoms with van der Waals surface area (Å²) < 4.78 is 0. The highest BCUT2D eigenvalue weighted by Gasteiger charge is 2.39. The number of hydrogen-bond acceptors (Lipinski definition) is 3. The molecule has 7 heteroatoms. The molecule has 1 aromatic carbocycles. The van der Waals surface area contributed by atoms with Gasteiger partial charge in [0.2, 0.25) is 0 Å². The van der Waals surface area contributed by atoms with Gasteiger partial charge in [0, 0.05) is 26.2 Å². The van der Waals surface area contributed by atoms with Gasteiger partial charge in [-0.2, -0.15) is 0 Å². The molecule has 0 saturated heterocycles. The predicted molar refractivity (Wildman–Crippen MR) is 118 cm³/mol. The third-order valence-electron chi connectivity index (χ3n) is 4.79. The number of halogens is 3. The average molecular weight is 458 g/mol. The van der Waals surface area contributed by atoms with Crippen molar-refractivity contribution in [3.8, 4) is 0 Å². The lowest BCUT2D eigenvalue weighted by molar-refractivity contribution is 0.0702. The fourth-order valence-electron chi connectivity index (χ4n) is 3.46. The summed E-state index contributed by atoms with van der Waals surface area (Å²) in [6.45, 7) is 0. The standard InChI is InChI=1S/C21H19Cl3O3S/c22-13-8-12(9-14(23)10-13)4-6-17-16(18(24)11-19(17)25)3-1-2-15-5-7-20(28-15)21(26)27/h1-2,4-10,16-19,25H,3,11H2,(H,26,27)/b2-1+,6-4+/t16-,17-,18-,19+/m1/s1. The number of hydrogen-bond donors (Lipinski definition) is 2. The van der Waals surface area contributed by atoms with Gasteiger partial charge in [0.05, 0.1) is 6.10 Å². The van der Waals surface area contributed by atoms with Gasteiger partial charge in [-0.05, 0) is 60.7 Å². The van der Waals surface area contributed by atoms with Crippen molar-refractivity contribution in [2.75, 3.05) is 0 Å². The van der Waals surface area contributed by atoms with Crippen molar-refractivity contribution >= 4 is 64.3 Å². The zero-order valence-corrected chi connectivity index (χ0v) is 17.8.